The lowest BCUT2D eigenvalue weighted by molar-refractivity contribution is 0.595. The molecule has 0 N–H and O–H groups in total. The zero-order chi connectivity index (χ0) is 7.78. The second kappa shape index (κ2) is 2.24. The summed E-state index contributed by atoms with van der Waals surface area (Å²) in [5.74, 6) is -0.0551. The average Bonchev–Trinajstić information content (AvgIpc) is 2.66. The van der Waals surface area contributed by atoms with Gasteiger partial charge < -0.3 is 0 Å². The molecule has 0 heterocycles. The van der Waals surface area contributed by atoms with Crippen molar-refractivity contribution in [2.45, 2.75) is 18.6 Å². The van der Waals surface area contributed by atoms with E-state index in [0.717, 1.165) is 0 Å². The molecule has 1 aliphatic carbocycles. The molecule has 0 radical (unpaired) electrons. The Labute approximate surface area is 60.6 Å². The highest BCUT2D eigenvalue weighted by molar-refractivity contribution is 7.92. The fraction of sp³-hybridized carbons (Fsp3) is 0.833. The molecule has 0 amide bonds. The van der Waals surface area contributed by atoms with Crippen LogP contribution in [0.25, 0.3) is 0 Å². The van der Waals surface area contributed by atoms with E-state index in [2.05, 4.69) is 0 Å². The molecule has 0 aromatic heterocycles. The Bertz CT molecular complexity index is 262. The third-order valence-electron chi connectivity index (χ3n) is 1.76. The number of hydrogen-bond acceptors (Lipinski definition) is 3. The van der Waals surface area contributed by atoms with E-state index in [0.29, 0.717) is 6.42 Å². The minimum Gasteiger partial charge on any atom is -0.229 e. The average molecular weight is 159 g/mol. The van der Waals surface area contributed by atoms with Crippen molar-refractivity contribution < 1.29 is 8.42 Å². The van der Waals surface area contributed by atoms with Crippen molar-refractivity contribution in [2.75, 3.05) is 5.75 Å². The minimum absolute atomic E-state index is 0.163. The first-order valence-corrected chi connectivity index (χ1v) is 4.94. The Hall–Kier alpha value is -0.560. The highest BCUT2D eigenvalue weighted by Gasteiger charge is 2.46. The van der Waals surface area contributed by atoms with E-state index in [-0.39, 0.29) is 16.9 Å². The van der Waals surface area contributed by atoms with E-state index in [4.69, 9.17) is 5.26 Å². The second-order valence-corrected chi connectivity index (χ2v) is 4.97. The Kier molecular flexibility index (Phi) is 1.69. The zero-order valence-corrected chi connectivity index (χ0v) is 6.56. The van der Waals surface area contributed by atoms with Gasteiger partial charge >= 0.3 is 0 Å². The molecule has 4 heteroatoms. The van der Waals surface area contributed by atoms with E-state index >= 15 is 0 Å². The summed E-state index contributed by atoms with van der Waals surface area (Å²) in [5, 5.41) is 7.98. The van der Waals surface area contributed by atoms with Crippen molar-refractivity contribution in [3.63, 3.8) is 0 Å². The van der Waals surface area contributed by atoms with Crippen LogP contribution in [0.1, 0.15) is 13.3 Å². The topological polar surface area (TPSA) is 57.9 Å². The number of nitriles is 1. The fourth-order valence-corrected chi connectivity index (χ4v) is 2.41. The summed E-state index contributed by atoms with van der Waals surface area (Å²) in [6.45, 7) is 1.61. The van der Waals surface area contributed by atoms with Crippen molar-refractivity contribution in [1.82, 2.24) is 0 Å². The lowest BCUT2D eigenvalue weighted by Gasteiger charge is -1.93. The van der Waals surface area contributed by atoms with E-state index in [9.17, 15) is 8.42 Å². The van der Waals surface area contributed by atoms with Gasteiger partial charge in [-0.25, -0.2) is 8.42 Å². The van der Waals surface area contributed by atoms with Gasteiger partial charge in [-0.3, -0.25) is 0 Å². The predicted octanol–water partition coefficient (Wildman–Crippen LogP) is 0.333. The Balaban J connectivity index is 2.66. The molecule has 0 aliphatic heterocycles. The van der Waals surface area contributed by atoms with Crippen LogP contribution in [-0.4, -0.2) is 19.4 Å². The molecule has 1 saturated carbocycles. The fourth-order valence-electron chi connectivity index (χ4n) is 0.919. The van der Waals surface area contributed by atoms with Gasteiger partial charge in [-0.15, -0.1) is 0 Å². The Morgan fingerprint density at radius 1 is 1.70 bits per heavy atom. The van der Waals surface area contributed by atoms with Crippen LogP contribution >= 0.6 is 0 Å². The number of nitrogens with zero attached hydrogens (tertiary/aromatic N) is 1. The van der Waals surface area contributed by atoms with Crippen molar-refractivity contribution >= 4 is 9.84 Å². The molecule has 3 nitrogen and oxygen atoms in total. The first-order chi connectivity index (χ1) is 4.61. The van der Waals surface area contributed by atoms with Gasteiger partial charge in [-0.1, -0.05) is 6.92 Å². The van der Waals surface area contributed by atoms with Crippen LogP contribution < -0.4 is 0 Å². The van der Waals surface area contributed by atoms with Gasteiger partial charge in [0.25, 0.3) is 0 Å². The lowest BCUT2D eigenvalue weighted by atomic mass is 10.5. The molecule has 0 bridgehead atoms. The zero-order valence-electron chi connectivity index (χ0n) is 5.74. The molecular weight excluding hydrogens is 150 g/mol. The van der Waals surface area contributed by atoms with Crippen molar-refractivity contribution in [3.05, 3.63) is 0 Å². The summed E-state index contributed by atoms with van der Waals surface area (Å²) in [4.78, 5) is 0. The van der Waals surface area contributed by atoms with Crippen LogP contribution in [0.5, 0.6) is 0 Å². The number of sulfone groups is 1. The molecular formula is C6H9NO2S. The minimum atomic E-state index is -2.91. The molecule has 0 spiro atoms. The summed E-state index contributed by atoms with van der Waals surface area (Å²) in [5.41, 5.74) is 0. The van der Waals surface area contributed by atoms with Gasteiger partial charge in [0.1, 0.15) is 0 Å². The van der Waals surface area contributed by atoms with Crippen LogP contribution in [0.2, 0.25) is 0 Å². The highest BCUT2D eigenvalue weighted by Crippen LogP contribution is 2.36. The maximum absolute atomic E-state index is 11.0. The smallest absolute Gasteiger partial charge is 0.154 e. The quantitative estimate of drug-likeness (QED) is 0.583. The third-order valence-corrected chi connectivity index (χ3v) is 4.01. The van der Waals surface area contributed by atoms with Gasteiger partial charge in [-0.05, 0) is 6.42 Å². The summed E-state index contributed by atoms with van der Waals surface area (Å²) in [7, 11) is -2.91. The van der Waals surface area contributed by atoms with Crippen molar-refractivity contribution in [2.24, 2.45) is 5.92 Å². The van der Waals surface area contributed by atoms with Crippen LogP contribution in [0, 0.1) is 17.2 Å². The largest absolute Gasteiger partial charge is 0.229 e. The first-order valence-electron chi connectivity index (χ1n) is 3.23. The lowest BCUT2D eigenvalue weighted by Crippen LogP contribution is -2.10. The summed E-state index contributed by atoms with van der Waals surface area (Å²) < 4.78 is 22.0. The molecule has 1 aliphatic rings. The molecule has 10 heavy (non-hydrogen) atoms. The molecule has 0 unspecified atom stereocenters. The predicted molar refractivity (Wildman–Crippen MR) is 37.0 cm³/mol. The third kappa shape index (κ3) is 1.14. The maximum atomic E-state index is 11.0. The van der Waals surface area contributed by atoms with Gasteiger partial charge in [0.15, 0.2) is 9.84 Å². The molecule has 2 atom stereocenters. The molecule has 1 fully saturated rings. The first kappa shape index (κ1) is 7.55. The van der Waals surface area contributed by atoms with Crippen molar-refractivity contribution in [3.8, 4) is 6.07 Å². The van der Waals surface area contributed by atoms with Crippen molar-refractivity contribution in [1.29, 1.82) is 5.26 Å². The van der Waals surface area contributed by atoms with Gasteiger partial charge in [0.05, 0.1) is 17.2 Å². The molecule has 56 valence electrons. The summed E-state index contributed by atoms with van der Waals surface area (Å²) in [6.07, 6.45) is 0.548. The second-order valence-electron chi connectivity index (χ2n) is 2.46. The van der Waals surface area contributed by atoms with Crippen LogP contribution in [0.3, 0.4) is 0 Å². The molecule has 1 rings (SSSR count). The SMILES string of the molecule is CCS(=O)(=O)[C@H]1C[C@H]1C#N. The number of rotatable bonds is 2. The van der Waals surface area contributed by atoms with E-state index < -0.39 is 9.84 Å². The standard InChI is InChI=1S/C6H9NO2S/c1-2-10(8,9)6-3-5(6)4-7/h5-6H,2-3H2,1H3/t5-,6-/m0/s1. The van der Waals surface area contributed by atoms with Gasteiger partial charge in [0.2, 0.25) is 0 Å². The molecule has 0 aromatic carbocycles. The molecule has 0 aromatic rings. The van der Waals surface area contributed by atoms with E-state index in [1.165, 1.54) is 0 Å². The molecule has 0 saturated heterocycles. The van der Waals surface area contributed by atoms with Crippen LogP contribution in [0.15, 0.2) is 0 Å². The summed E-state index contributed by atoms with van der Waals surface area (Å²) >= 11 is 0. The Morgan fingerprint density at radius 2 is 2.30 bits per heavy atom. The Morgan fingerprint density at radius 3 is 2.60 bits per heavy atom. The van der Waals surface area contributed by atoms with Crippen LogP contribution in [0.4, 0.5) is 0 Å². The highest BCUT2D eigenvalue weighted by atomic mass is 32.2. The van der Waals surface area contributed by atoms with Gasteiger partial charge in [0, 0.05) is 5.75 Å². The monoisotopic (exact) mass is 159 g/mol. The summed E-state index contributed by atoms with van der Waals surface area (Å²) in [6, 6.07) is 1.95. The maximum Gasteiger partial charge on any atom is 0.154 e. The number of hydrogen-bond donors (Lipinski definition) is 0. The van der Waals surface area contributed by atoms with Gasteiger partial charge in [-0.2, -0.15) is 5.26 Å². The van der Waals surface area contributed by atoms with E-state index in [1.54, 1.807) is 6.92 Å². The van der Waals surface area contributed by atoms with E-state index in [1.807, 2.05) is 6.07 Å². The van der Waals surface area contributed by atoms with Crippen LogP contribution in [-0.2, 0) is 9.84 Å². The normalized spacial score (nSPS) is 31.2.